The number of nitrogens with one attached hydrogen (secondary N) is 2. The third-order valence-corrected chi connectivity index (χ3v) is 5.63. The van der Waals surface area contributed by atoms with Gasteiger partial charge in [-0.2, -0.15) is 11.8 Å². The van der Waals surface area contributed by atoms with Crippen molar-refractivity contribution in [2.24, 2.45) is 10.9 Å². The van der Waals surface area contributed by atoms with E-state index in [9.17, 15) is 4.79 Å². The van der Waals surface area contributed by atoms with Crippen LogP contribution in [-0.2, 0) is 9.53 Å². The molecule has 132 valence electrons. The summed E-state index contributed by atoms with van der Waals surface area (Å²) in [7, 11) is 3.39. The Bertz CT molecular complexity index is 392. The molecule has 23 heavy (non-hydrogen) atoms. The number of carbonyl (C=O) groups is 1. The fourth-order valence-electron chi connectivity index (χ4n) is 3.07. The van der Waals surface area contributed by atoms with Gasteiger partial charge < -0.3 is 20.3 Å². The highest BCUT2D eigenvalue weighted by molar-refractivity contribution is 7.99. The molecule has 6 nitrogen and oxygen atoms in total. The van der Waals surface area contributed by atoms with Gasteiger partial charge in [-0.05, 0) is 43.1 Å². The Labute approximate surface area is 143 Å². The number of hydrogen-bond donors (Lipinski definition) is 2. The molecule has 2 heterocycles. The summed E-state index contributed by atoms with van der Waals surface area (Å²) in [5, 5.41) is 6.97. The minimum Gasteiger partial charge on any atom is -0.375 e. The van der Waals surface area contributed by atoms with Crippen molar-refractivity contribution in [1.29, 1.82) is 0 Å². The first kappa shape index (κ1) is 18.4. The molecule has 2 N–H and O–H groups in total. The van der Waals surface area contributed by atoms with Crippen LogP contribution in [-0.4, -0.2) is 74.7 Å². The maximum atomic E-state index is 11.8. The Balaban J connectivity index is 1.68. The molecular weight excluding hydrogens is 312 g/mol. The van der Waals surface area contributed by atoms with Crippen LogP contribution in [0, 0.1) is 5.92 Å². The van der Waals surface area contributed by atoms with Crippen LogP contribution in [0.25, 0.3) is 0 Å². The molecule has 0 unspecified atom stereocenters. The van der Waals surface area contributed by atoms with Gasteiger partial charge in [0.25, 0.3) is 0 Å². The second kappa shape index (κ2) is 10.0. The molecule has 0 atom stereocenters. The van der Waals surface area contributed by atoms with Crippen LogP contribution in [0.1, 0.15) is 25.7 Å². The minimum atomic E-state index is 0.0867. The van der Waals surface area contributed by atoms with Gasteiger partial charge in [-0.15, -0.1) is 0 Å². The second-order valence-corrected chi connectivity index (χ2v) is 7.47. The van der Waals surface area contributed by atoms with Crippen molar-refractivity contribution in [2.45, 2.75) is 31.7 Å². The molecule has 0 aliphatic carbocycles. The summed E-state index contributed by atoms with van der Waals surface area (Å²) in [4.78, 5) is 18.0. The monoisotopic (exact) mass is 342 g/mol. The maximum Gasteiger partial charge on any atom is 0.248 e. The first-order valence-electron chi connectivity index (χ1n) is 8.54. The highest BCUT2D eigenvalue weighted by atomic mass is 32.2. The van der Waals surface area contributed by atoms with E-state index in [4.69, 9.17) is 4.74 Å². The molecule has 1 amide bonds. The standard InChI is InChI=1S/C16H30N4O2S/c1-17-16(18-11-13-5-9-23-10-6-13)19-14-3-7-20(8-4-14)15(21)12-22-2/h13-14H,3-12H2,1-2H3,(H2,17,18,19). The van der Waals surface area contributed by atoms with E-state index in [0.29, 0.717) is 6.04 Å². The molecular formula is C16H30N4O2S. The van der Waals surface area contributed by atoms with Gasteiger partial charge >= 0.3 is 0 Å². The molecule has 2 rings (SSSR count). The predicted octanol–water partition coefficient (Wildman–Crippen LogP) is 0.932. The molecule has 0 saturated carbocycles. The van der Waals surface area contributed by atoms with Crippen molar-refractivity contribution in [3.63, 3.8) is 0 Å². The Kier molecular flexibility index (Phi) is 8.02. The van der Waals surface area contributed by atoms with Crippen molar-refractivity contribution < 1.29 is 9.53 Å². The topological polar surface area (TPSA) is 66.0 Å². The predicted molar refractivity (Wildman–Crippen MR) is 96.0 cm³/mol. The average Bonchev–Trinajstić information content (AvgIpc) is 2.60. The van der Waals surface area contributed by atoms with E-state index < -0.39 is 0 Å². The second-order valence-electron chi connectivity index (χ2n) is 6.24. The zero-order valence-electron chi connectivity index (χ0n) is 14.3. The van der Waals surface area contributed by atoms with E-state index in [1.807, 2.05) is 11.9 Å². The number of methoxy groups -OCH3 is 1. The molecule has 0 bridgehead atoms. The normalized spacial score (nSPS) is 21.3. The number of rotatable bonds is 5. The summed E-state index contributed by atoms with van der Waals surface area (Å²) in [6.45, 7) is 2.76. The van der Waals surface area contributed by atoms with Crippen molar-refractivity contribution in [3.05, 3.63) is 0 Å². The number of carbonyl (C=O) groups excluding carboxylic acids is 1. The lowest BCUT2D eigenvalue weighted by Gasteiger charge is -2.33. The zero-order chi connectivity index (χ0) is 16.5. The molecule has 0 aromatic carbocycles. The summed E-state index contributed by atoms with van der Waals surface area (Å²) in [5.41, 5.74) is 0. The SMILES string of the molecule is CN=C(NCC1CCSCC1)NC1CCN(C(=O)COC)CC1. The largest absolute Gasteiger partial charge is 0.375 e. The fraction of sp³-hybridized carbons (Fsp3) is 0.875. The van der Waals surface area contributed by atoms with Crippen LogP contribution in [0.2, 0.25) is 0 Å². The van der Waals surface area contributed by atoms with Crippen molar-refractivity contribution in [3.8, 4) is 0 Å². The number of thioether (sulfide) groups is 1. The highest BCUT2D eigenvalue weighted by Gasteiger charge is 2.23. The van der Waals surface area contributed by atoms with Crippen LogP contribution in [0.3, 0.4) is 0 Å². The van der Waals surface area contributed by atoms with Crippen molar-refractivity contribution in [2.75, 3.05) is 51.9 Å². The number of amides is 1. The van der Waals surface area contributed by atoms with Gasteiger partial charge in [0.15, 0.2) is 5.96 Å². The molecule has 2 saturated heterocycles. The van der Waals surface area contributed by atoms with Crippen LogP contribution in [0.5, 0.6) is 0 Å². The third-order valence-electron chi connectivity index (χ3n) is 4.58. The number of likely N-dealkylation sites (tertiary alicyclic amines) is 1. The first-order chi connectivity index (χ1) is 11.2. The summed E-state index contributed by atoms with van der Waals surface area (Å²) >= 11 is 2.06. The van der Waals surface area contributed by atoms with E-state index in [2.05, 4.69) is 27.4 Å². The Morgan fingerprint density at radius 1 is 1.26 bits per heavy atom. The van der Waals surface area contributed by atoms with Gasteiger partial charge in [0.2, 0.25) is 5.91 Å². The van der Waals surface area contributed by atoms with Gasteiger partial charge in [0, 0.05) is 39.8 Å². The Hall–Kier alpha value is -0.950. The minimum absolute atomic E-state index is 0.0867. The quantitative estimate of drug-likeness (QED) is 0.575. The molecule has 2 aliphatic heterocycles. The number of piperidine rings is 1. The summed E-state index contributed by atoms with van der Waals surface area (Å²) in [5.74, 6) is 4.32. The average molecular weight is 343 g/mol. The molecule has 0 aromatic heterocycles. The van der Waals surface area contributed by atoms with Crippen LogP contribution >= 0.6 is 11.8 Å². The summed E-state index contributed by atoms with van der Waals surface area (Å²) in [6.07, 6.45) is 4.51. The van der Waals surface area contributed by atoms with Gasteiger partial charge in [0.1, 0.15) is 6.61 Å². The molecule has 0 radical (unpaired) electrons. The number of aliphatic imine (C=N–C) groups is 1. The molecule has 0 aromatic rings. The smallest absolute Gasteiger partial charge is 0.248 e. The number of ether oxygens (including phenoxy) is 1. The van der Waals surface area contributed by atoms with Gasteiger partial charge in [0.05, 0.1) is 0 Å². The number of hydrogen-bond acceptors (Lipinski definition) is 4. The number of nitrogens with zero attached hydrogens (tertiary/aromatic N) is 2. The fourth-order valence-corrected chi connectivity index (χ4v) is 4.27. The van der Waals surface area contributed by atoms with Gasteiger partial charge in [-0.3, -0.25) is 9.79 Å². The summed E-state index contributed by atoms with van der Waals surface area (Å²) < 4.78 is 4.92. The summed E-state index contributed by atoms with van der Waals surface area (Å²) in [6, 6.07) is 0.384. The molecule has 2 aliphatic rings. The lowest BCUT2D eigenvalue weighted by atomic mass is 10.0. The lowest BCUT2D eigenvalue weighted by molar-refractivity contribution is -0.136. The van der Waals surface area contributed by atoms with E-state index in [-0.39, 0.29) is 12.5 Å². The highest BCUT2D eigenvalue weighted by Crippen LogP contribution is 2.21. The zero-order valence-corrected chi connectivity index (χ0v) is 15.2. The van der Waals surface area contributed by atoms with Crippen LogP contribution < -0.4 is 10.6 Å². The van der Waals surface area contributed by atoms with Crippen molar-refractivity contribution in [1.82, 2.24) is 15.5 Å². The van der Waals surface area contributed by atoms with E-state index >= 15 is 0 Å². The van der Waals surface area contributed by atoms with E-state index in [0.717, 1.165) is 44.4 Å². The van der Waals surface area contributed by atoms with E-state index in [1.165, 1.54) is 24.3 Å². The van der Waals surface area contributed by atoms with Gasteiger partial charge in [-0.25, -0.2) is 0 Å². The third kappa shape index (κ3) is 6.22. The molecule has 7 heteroatoms. The molecule has 0 spiro atoms. The van der Waals surface area contributed by atoms with E-state index in [1.54, 1.807) is 7.11 Å². The first-order valence-corrected chi connectivity index (χ1v) is 9.70. The van der Waals surface area contributed by atoms with Crippen LogP contribution in [0.15, 0.2) is 4.99 Å². The lowest BCUT2D eigenvalue weighted by Crippen LogP contribution is -2.50. The van der Waals surface area contributed by atoms with Crippen molar-refractivity contribution >= 4 is 23.6 Å². The van der Waals surface area contributed by atoms with Crippen LogP contribution in [0.4, 0.5) is 0 Å². The molecule has 2 fully saturated rings. The Morgan fingerprint density at radius 2 is 1.96 bits per heavy atom. The van der Waals surface area contributed by atoms with Gasteiger partial charge in [-0.1, -0.05) is 0 Å². The Morgan fingerprint density at radius 3 is 2.57 bits per heavy atom. The number of guanidine groups is 1. The maximum absolute atomic E-state index is 11.8.